The molecule has 0 amide bonds. The zero-order valence-corrected chi connectivity index (χ0v) is 11.0. The van der Waals surface area contributed by atoms with Crippen molar-refractivity contribution in [2.75, 3.05) is 51.3 Å². The summed E-state index contributed by atoms with van der Waals surface area (Å²) in [5.74, 6) is -6.24. The first-order chi connectivity index (χ1) is 9.50. The van der Waals surface area contributed by atoms with E-state index >= 15 is 0 Å². The van der Waals surface area contributed by atoms with Crippen LogP contribution in [0.2, 0.25) is 0 Å². The van der Waals surface area contributed by atoms with Crippen LogP contribution in [0, 0.1) is 23.5 Å². The van der Waals surface area contributed by atoms with Gasteiger partial charge in [-0.15, -0.1) is 0 Å². The largest absolute Gasteiger partial charge is 0.379 e. The van der Waals surface area contributed by atoms with Crippen LogP contribution >= 0.6 is 0 Å². The molecule has 0 aromatic carbocycles. The van der Waals surface area contributed by atoms with Crippen molar-refractivity contribution in [3.05, 3.63) is 23.5 Å². The molecule has 1 fully saturated rings. The number of aromatic nitrogens is 1. The van der Waals surface area contributed by atoms with Gasteiger partial charge >= 0.3 is 0 Å². The summed E-state index contributed by atoms with van der Waals surface area (Å²) >= 11 is 0. The summed E-state index contributed by atoms with van der Waals surface area (Å²) in [6, 6.07) is 0. The molecule has 1 aliphatic rings. The Hall–Kier alpha value is -1.41. The Morgan fingerprint density at radius 1 is 1.10 bits per heavy atom. The highest BCUT2D eigenvalue weighted by atomic mass is 19.2. The first kappa shape index (κ1) is 15.0. The van der Waals surface area contributed by atoms with Crippen LogP contribution in [-0.2, 0) is 4.74 Å². The molecule has 2 rings (SSSR count). The van der Waals surface area contributed by atoms with E-state index in [1.54, 1.807) is 0 Å². The molecule has 2 heterocycles. The van der Waals surface area contributed by atoms with Crippen molar-refractivity contribution in [1.82, 2.24) is 9.88 Å². The Kier molecular flexibility index (Phi) is 4.77. The first-order valence-electron chi connectivity index (χ1n) is 6.22. The third-order valence-corrected chi connectivity index (χ3v) is 3.21. The highest BCUT2D eigenvalue weighted by Crippen LogP contribution is 2.25. The van der Waals surface area contributed by atoms with E-state index in [2.05, 4.69) is 4.98 Å². The molecule has 8 heteroatoms. The lowest BCUT2D eigenvalue weighted by atomic mass is 10.3. The number of anilines is 1. The number of nitrogens with zero attached hydrogens (tertiary/aromatic N) is 3. The summed E-state index contributed by atoms with van der Waals surface area (Å²) in [5, 5.41) is 0. The maximum Gasteiger partial charge on any atom is 0.253 e. The van der Waals surface area contributed by atoms with Crippen molar-refractivity contribution in [2.45, 2.75) is 0 Å². The molecule has 0 radical (unpaired) electrons. The van der Waals surface area contributed by atoms with Crippen molar-refractivity contribution < 1.29 is 22.3 Å². The number of rotatable bonds is 4. The molecule has 0 unspecified atom stereocenters. The van der Waals surface area contributed by atoms with Crippen LogP contribution in [0.5, 0.6) is 0 Å². The maximum absolute atomic E-state index is 13.5. The summed E-state index contributed by atoms with van der Waals surface area (Å²) in [7, 11) is 1.38. The normalized spacial score (nSPS) is 16.4. The van der Waals surface area contributed by atoms with E-state index < -0.39 is 29.2 Å². The second-order valence-electron chi connectivity index (χ2n) is 4.55. The molecule has 1 aromatic heterocycles. The fraction of sp³-hybridized carbons (Fsp3) is 0.583. The Labute approximate surface area is 113 Å². The van der Waals surface area contributed by atoms with Gasteiger partial charge in [-0.1, -0.05) is 0 Å². The van der Waals surface area contributed by atoms with Crippen molar-refractivity contribution in [3.8, 4) is 0 Å². The highest BCUT2D eigenvalue weighted by molar-refractivity contribution is 5.47. The van der Waals surface area contributed by atoms with Gasteiger partial charge in [-0.25, -0.2) is 0 Å². The van der Waals surface area contributed by atoms with Crippen LogP contribution < -0.4 is 4.90 Å². The SMILES string of the molecule is CN(CCN1CCOCC1)c1c(F)c(F)nc(F)c1F. The minimum atomic E-state index is -1.64. The van der Waals surface area contributed by atoms with Gasteiger partial charge in [-0.05, 0) is 0 Å². The van der Waals surface area contributed by atoms with Gasteiger partial charge in [0, 0.05) is 33.2 Å². The van der Waals surface area contributed by atoms with E-state index in [0.717, 1.165) is 18.0 Å². The summed E-state index contributed by atoms with van der Waals surface area (Å²) in [5.41, 5.74) is -0.733. The van der Waals surface area contributed by atoms with Gasteiger partial charge in [0.25, 0.3) is 11.9 Å². The lowest BCUT2D eigenvalue weighted by Gasteiger charge is -2.29. The molecule has 1 aromatic rings. The number of ether oxygens (including phenoxy) is 1. The molecule has 112 valence electrons. The first-order valence-corrected chi connectivity index (χ1v) is 6.22. The standard InChI is InChI=1S/C12H15F4N3O/c1-18(2-3-19-4-6-20-7-5-19)10-8(13)11(15)17-12(16)9(10)14/h2-7H2,1H3. The summed E-state index contributed by atoms with van der Waals surface area (Å²) in [6.07, 6.45) is 0. The van der Waals surface area contributed by atoms with Gasteiger partial charge in [0.15, 0.2) is 0 Å². The predicted molar refractivity (Wildman–Crippen MR) is 64.6 cm³/mol. The molecule has 0 aliphatic carbocycles. The minimum Gasteiger partial charge on any atom is -0.379 e. The molecule has 1 saturated heterocycles. The van der Waals surface area contributed by atoms with E-state index in [-0.39, 0.29) is 6.54 Å². The molecular weight excluding hydrogens is 278 g/mol. The second-order valence-corrected chi connectivity index (χ2v) is 4.55. The molecule has 1 aliphatic heterocycles. The van der Waals surface area contributed by atoms with Crippen molar-refractivity contribution in [1.29, 1.82) is 0 Å². The molecular formula is C12H15F4N3O. The average Bonchev–Trinajstić information content (AvgIpc) is 2.44. The molecule has 0 N–H and O–H groups in total. The Balaban J connectivity index is 2.06. The van der Waals surface area contributed by atoms with Crippen molar-refractivity contribution in [2.24, 2.45) is 0 Å². The van der Waals surface area contributed by atoms with Gasteiger partial charge in [-0.3, -0.25) is 4.90 Å². The summed E-state index contributed by atoms with van der Waals surface area (Å²) in [6.45, 7) is 3.40. The monoisotopic (exact) mass is 293 g/mol. The zero-order chi connectivity index (χ0) is 14.7. The van der Waals surface area contributed by atoms with Gasteiger partial charge < -0.3 is 9.64 Å². The number of morpholine rings is 1. The molecule has 4 nitrogen and oxygen atoms in total. The van der Waals surface area contributed by atoms with E-state index in [9.17, 15) is 17.6 Å². The van der Waals surface area contributed by atoms with Gasteiger partial charge in [0.1, 0.15) is 5.69 Å². The molecule has 0 bridgehead atoms. The van der Waals surface area contributed by atoms with E-state index in [1.807, 2.05) is 4.90 Å². The van der Waals surface area contributed by atoms with E-state index in [1.165, 1.54) is 7.05 Å². The van der Waals surface area contributed by atoms with Crippen LogP contribution in [-0.4, -0.2) is 56.3 Å². The molecule has 0 atom stereocenters. The van der Waals surface area contributed by atoms with E-state index in [0.29, 0.717) is 19.8 Å². The third kappa shape index (κ3) is 3.18. The predicted octanol–water partition coefficient (Wildman–Crippen LogP) is 1.41. The Morgan fingerprint density at radius 3 is 2.20 bits per heavy atom. The van der Waals surface area contributed by atoms with Crippen LogP contribution in [0.3, 0.4) is 0 Å². The smallest absolute Gasteiger partial charge is 0.253 e. The van der Waals surface area contributed by atoms with Crippen LogP contribution in [0.25, 0.3) is 0 Å². The number of halogens is 4. The number of hydrogen-bond donors (Lipinski definition) is 0. The van der Waals surface area contributed by atoms with Gasteiger partial charge in [-0.2, -0.15) is 22.5 Å². The fourth-order valence-corrected chi connectivity index (χ4v) is 2.04. The topological polar surface area (TPSA) is 28.6 Å². The van der Waals surface area contributed by atoms with Crippen LogP contribution in [0.15, 0.2) is 0 Å². The zero-order valence-electron chi connectivity index (χ0n) is 11.0. The van der Waals surface area contributed by atoms with Gasteiger partial charge in [0.05, 0.1) is 13.2 Å². The average molecular weight is 293 g/mol. The van der Waals surface area contributed by atoms with E-state index in [4.69, 9.17) is 4.74 Å². The fourth-order valence-electron chi connectivity index (χ4n) is 2.04. The Bertz CT molecular complexity index is 454. The lowest BCUT2D eigenvalue weighted by molar-refractivity contribution is 0.0392. The quantitative estimate of drug-likeness (QED) is 0.620. The molecule has 20 heavy (non-hydrogen) atoms. The number of likely N-dealkylation sites (N-methyl/N-ethyl adjacent to an activating group) is 1. The molecule has 0 saturated carbocycles. The second kappa shape index (κ2) is 6.36. The minimum absolute atomic E-state index is 0.233. The number of pyridine rings is 1. The lowest BCUT2D eigenvalue weighted by Crippen LogP contribution is -2.41. The van der Waals surface area contributed by atoms with Crippen LogP contribution in [0.4, 0.5) is 23.2 Å². The van der Waals surface area contributed by atoms with Crippen LogP contribution in [0.1, 0.15) is 0 Å². The van der Waals surface area contributed by atoms with Crippen molar-refractivity contribution in [3.63, 3.8) is 0 Å². The van der Waals surface area contributed by atoms with Gasteiger partial charge in [0.2, 0.25) is 11.6 Å². The third-order valence-electron chi connectivity index (χ3n) is 3.21. The maximum atomic E-state index is 13.5. The Morgan fingerprint density at radius 2 is 1.65 bits per heavy atom. The summed E-state index contributed by atoms with van der Waals surface area (Å²) < 4.78 is 58.3. The summed E-state index contributed by atoms with van der Waals surface area (Å²) in [4.78, 5) is 5.72. The number of hydrogen-bond acceptors (Lipinski definition) is 4. The highest BCUT2D eigenvalue weighted by Gasteiger charge is 2.24. The molecule has 0 spiro atoms. The van der Waals surface area contributed by atoms with Crippen molar-refractivity contribution >= 4 is 5.69 Å².